The quantitative estimate of drug-likeness (QED) is 0.662. The molecule has 2 rings (SSSR count). The second-order valence-corrected chi connectivity index (χ2v) is 7.23. The standard InChI is InChI=1S/C18H36N2O/c1-4-6-7-8-9-18-15-21-11-10-20(18)19-13-16(3)12-17(5-2)14-19/h16-18H,4-15H2,1-3H3. The van der Waals surface area contributed by atoms with Crippen molar-refractivity contribution in [1.82, 2.24) is 10.0 Å². The van der Waals surface area contributed by atoms with Crippen molar-refractivity contribution >= 4 is 0 Å². The minimum absolute atomic E-state index is 0.624. The lowest BCUT2D eigenvalue weighted by Gasteiger charge is -2.48. The molecule has 2 aliphatic rings. The Balaban J connectivity index is 1.87. The summed E-state index contributed by atoms with van der Waals surface area (Å²) in [6, 6.07) is 0.624. The van der Waals surface area contributed by atoms with Gasteiger partial charge in [0.2, 0.25) is 0 Å². The van der Waals surface area contributed by atoms with Gasteiger partial charge in [-0.3, -0.25) is 0 Å². The first-order valence-corrected chi connectivity index (χ1v) is 9.33. The molecular weight excluding hydrogens is 260 g/mol. The summed E-state index contributed by atoms with van der Waals surface area (Å²) < 4.78 is 5.77. The van der Waals surface area contributed by atoms with Crippen LogP contribution in [-0.2, 0) is 4.74 Å². The van der Waals surface area contributed by atoms with Crippen LogP contribution < -0.4 is 0 Å². The first-order chi connectivity index (χ1) is 10.2. The van der Waals surface area contributed by atoms with Gasteiger partial charge < -0.3 is 4.74 Å². The van der Waals surface area contributed by atoms with E-state index < -0.39 is 0 Å². The van der Waals surface area contributed by atoms with E-state index in [-0.39, 0.29) is 0 Å². The van der Waals surface area contributed by atoms with Crippen LogP contribution in [0, 0.1) is 11.8 Å². The monoisotopic (exact) mass is 296 g/mol. The molecule has 2 heterocycles. The van der Waals surface area contributed by atoms with Gasteiger partial charge in [0.25, 0.3) is 0 Å². The summed E-state index contributed by atoms with van der Waals surface area (Å²) in [6.45, 7) is 12.5. The Hall–Kier alpha value is -0.120. The summed E-state index contributed by atoms with van der Waals surface area (Å²) in [5.41, 5.74) is 0. The van der Waals surface area contributed by atoms with Crippen LogP contribution in [0.1, 0.15) is 65.7 Å². The van der Waals surface area contributed by atoms with Crippen LogP contribution in [0.25, 0.3) is 0 Å². The molecule has 0 aromatic carbocycles. The molecule has 0 amide bonds. The molecule has 3 heteroatoms. The van der Waals surface area contributed by atoms with Gasteiger partial charge in [-0.25, -0.2) is 10.0 Å². The fraction of sp³-hybridized carbons (Fsp3) is 1.00. The third kappa shape index (κ3) is 5.22. The lowest BCUT2D eigenvalue weighted by Crippen LogP contribution is -2.58. The molecule has 2 aliphatic heterocycles. The summed E-state index contributed by atoms with van der Waals surface area (Å²) in [4.78, 5) is 0. The van der Waals surface area contributed by atoms with Gasteiger partial charge in [0.05, 0.1) is 13.2 Å². The first-order valence-electron chi connectivity index (χ1n) is 9.33. The molecule has 21 heavy (non-hydrogen) atoms. The summed E-state index contributed by atoms with van der Waals surface area (Å²) in [7, 11) is 0. The zero-order valence-corrected chi connectivity index (χ0v) is 14.5. The number of unbranched alkanes of at least 4 members (excludes halogenated alkanes) is 3. The van der Waals surface area contributed by atoms with Gasteiger partial charge in [-0.2, -0.15) is 0 Å². The Morgan fingerprint density at radius 1 is 1.10 bits per heavy atom. The largest absolute Gasteiger partial charge is 0.378 e. The Labute approximate surface area is 132 Å². The zero-order chi connectivity index (χ0) is 15.1. The molecule has 0 aromatic rings. The smallest absolute Gasteiger partial charge is 0.0636 e. The maximum Gasteiger partial charge on any atom is 0.0636 e. The third-order valence-corrected chi connectivity index (χ3v) is 5.26. The Bertz CT molecular complexity index is 284. The van der Waals surface area contributed by atoms with Gasteiger partial charge in [0, 0.05) is 25.7 Å². The highest BCUT2D eigenvalue weighted by Crippen LogP contribution is 2.27. The minimum atomic E-state index is 0.624. The van der Waals surface area contributed by atoms with Crippen LogP contribution in [0.4, 0.5) is 0 Å². The number of nitrogens with zero attached hydrogens (tertiary/aromatic N) is 2. The topological polar surface area (TPSA) is 15.7 Å². The highest BCUT2D eigenvalue weighted by Gasteiger charge is 2.32. The van der Waals surface area contributed by atoms with Crippen molar-refractivity contribution in [2.24, 2.45) is 11.8 Å². The predicted molar refractivity (Wildman–Crippen MR) is 89.2 cm³/mol. The number of hydrogen-bond donors (Lipinski definition) is 0. The lowest BCUT2D eigenvalue weighted by atomic mass is 9.89. The van der Waals surface area contributed by atoms with E-state index >= 15 is 0 Å². The van der Waals surface area contributed by atoms with Gasteiger partial charge in [-0.1, -0.05) is 52.9 Å². The second-order valence-electron chi connectivity index (χ2n) is 7.23. The maximum absolute atomic E-state index is 5.77. The molecule has 0 bridgehead atoms. The molecule has 0 saturated carbocycles. The van der Waals surface area contributed by atoms with Crippen molar-refractivity contribution in [2.45, 2.75) is 71.8 Å². The third-order valence-electron chi connectivity index (χ3n) is 5.26. The van der Waals surface area contributed by atoms with Crippen molar-refractivity contribution in [3.05, 3.63) is 0 Å². The van der Waals surface area contributed by atoms with Crippen LogP contribution in [0.15, 0.2) is 0 Å². The van der Waals surface area contributed by atoms with E-state index in [4.69, 9.17) is 4.74 Å². The van der Waals surface area contributed by atoms with Crippen molar-refractivity contribution in [1.29, 1.82) is 0 Å². The van der Waals surface area contributed by atoms with Crippen LogP contribution in [0.5, 0.6) is 0 Å². The van der Waals surface area contributed by atoms with Gasteiger partial charge in [0.15, 0.2) is 0 Å². The summed E-state index contributed by atoms with van der Waals surface area (Å²) >= 11 is 0. The molecule has 0 aliphatic carbocycles. The zero-order valence-electron chi connectivity index (χ0n) is 14.5. The average Bonchev–Trinajstić information content (AvgIpc) is 2.51. The number of piperidine rings is 1. The normalized spacial score (nSPS) is 32.4. The van der Waals surface area contributed by atoms with E-state index in [9.17, 15) is 0 Å². The number of hydrogen-bond acceptors (Lipinski definition) is 3. The highest BCUT2D eigenvalue weighted by molar-refractivity contribution is 4.80. The maximum atomic E-state index is 5.77. The van der Waals surface area contributed by atoms with Crippen LogP contribution in [0.2, 0.25) is 0 Å². The Morgan fingerprint density at radius 2 is 1.95 bits per heavy atom. The number of morpholine rings is 1. The molecule has 3 nitrogen and oxygen atoms in total. The van der Waals surface area contributed by atoms with E-state index in [0.29, 0.717) is 6.04 Å². The van der Waals surface area contributed by atoms with Gasteiger partial charge in [-0.15, -0.1) is 0 Å². The fourth-order valence-corrected chi connectivity index (χ4v) is 4.01. The summed E-state index contributed by atoms with van der Waals surface area (Å²) in [6.07, 6.45) is 9.50. The SMILES string of the molecule is CCCCCCC1COCCN1N1CC(C)CC(CC)C1. The number of ether oxygens (including phenoxy) is 1. The highest BCUT2D eigenvalue weighted by atomic mass is 16.5. The van der Waals surface area contributed by atoms with E-state index in [1.165, 1.54) is 58.0 Å². The molecule has 0 spiro atoms. The van der Waals surface area contributed by atoms with Crippen LogP contribution >= 0.6 is 0 Å². The minimum Gasteiger partial charge on any atom is -0.378 e. The Morgan fingerprint density at radius 3 is 2.71 bits per heavy atom. The summed E-state index contributed by atoms with van der Waals surface area (Å²) in [5.74, 6) is 1.73. The molecule has 124 valence electrons. The number of rotatable bonds is 7. The van der Waals surface area contributed by atoms with E-state index in [2.05, 4.69) is 30.8 Å². The Kier molecular flexibility index (Phi) is 7.48. The molecule has 0 aromatic heterocycles. The van der Waals surface area contributed by atoms with Crippen LogP contribution in [-0.4, -0.2) is 48.9 Å². The molecule has 2 fully saturated rings. The molecule has 3 unspecified atom stereocenters. The van der Waals surface area contributed by atoms with Crippen LogP contribution in [0.3, 0.4) is 0 Å². The average molecular weight is 296 g/mol. The van der Waals surface area contributed by atoms with Gasteiger partial charge in [-0.05, 0) is 24.7 Å². The number of hydrazine groups is 1. The molecular formula is C18H36N2O. The van der Waals surface area contributed by atoms with E-state index in [1.54, 1.807) is 0 Å². The lowest BCUT2D eigenvalue weighted by molar-refractivity contribution is -0.152. The molecule has 0 N–H and O–H groups in total. The van der Waals surface area contributed by atoms with Crippen molar-refractivity contribution in [2.75, 3.05) is 32.8 Å². The molecule has 0 radical (unpaired) electrons. The van der Waals surface area contributed by atoms with E-state index in [1.807, 2.05) is 0 Å². The van der Waals surface area contributed by atoms with Gasteiger partial charge in [0.1, 0.15) is 0 Å². The van der Waals surface area contributed by atoms with E-state index in [0.717, 1.165) is 31.6 Å². The van der Waals surface area contributed by atoms with Crippen molar-refractivity contribution in [3.63, 3.8) is 0 Å². The summed E-state index contributed by atoms with van der Waals surface area (Å²) in [5, 5.41) is 5.35. The van der Waals surface area contributed by atoms with Crippen molar-refractivity contribution < 1.29 is 4.74 Å². The first kappa shape index (κ1) is 17.2. The predicted octanol–water partition coefficient (Wildman–Crippen LogP) is 3.94. The molecule has 3 atom stereocenters. The van der Waals surface area contributed by atoms with Gasteiger partial charge >= 0.3 is 0 Å². The fourth-order valence-electron chi connectivity index (χ4n) is 4.01. The van der Waals surface area contributed by atoms with Crippen molar-refractivity contribution in [3.8, 4) is 0 Å². The molecule has 2 saturated heterocycles. The second kappa shape index (κ2) is 9.12.